The summed E-state index contributed by atoms with van der Waals surface area (Å²) >= 11 is 0. The van der Waals surface area contributed by atoms with Crippen LogP contribution in [0, 0.1) is 11.6 Å². The molecule has 0 spiro atoms. The van der Waals surface area contributed by atoms with Gasteiger partial charge in [-0.1, -0.05) is 35.5 Å². The van der Waals surface area contributed by atoms with Crippen molar-refractivity contribution >= 4 is 0 Å². The molecule has 0 aliphatic heterocycles. The summed E-state index contributed by atoms with van der Waals surface area (Å²) < 4.78 is 35.0. The number of pyridine rings is 1. The Morgan fingerprint density at radius 3 is 2.52 bits per heavy atom. The highest BCUT2D eigenvalue weighted by Crippen LogP contribution is 2.33. The third kappa shape index (κ3) is 3.71. The summed E-state index contributed by atoms with van der Waals surface area (Å²) in [5, 5.41) is 8.36. The van der Waals surface area contributed by atoms with Crippen molar-refractivity contribution in [3.8, 4) is 34.1 Å². The van der Waals surface area contributed by atoms with Crippen LogP contribution in [0.25, 0.3) is 34.1 Å². The van der Waals surface area contributed by atoms with Gasteiger partial charge in [-0.15, -0.1) is 0 Å². The smallest absolute Gasteiger partial charge is 0.262 e. The highest BCUT2D eigenvalue weighted by Gasteiger charge is 2.21. The molecule has 0 bridgehead atoms. The summed E-state index contributed by atoms with van der Waals surface area (Å²) in [5.74, 6) is -1.10. The Labute approximate surface area is 175 Å². The van der Waals surface area contributed by atoms with E-state index in [2.05, 4.69) is 20.2 Å². The Morgan fingerprint density at radius 2 is 1.71 bits per heavy atom. The van der Waals surface area contributed by atoms with E-state index in [1.54, 1.807) is 18.6 Å². The first-order valence-corrected chi connectivity index (χ1v) is 9.48. The summed E-state index contributed by atoms with van der Waals surface area (Å²) in [7, 11) is 0. The maximum atomic E-state index is 14.1. The zero-order valence-electron chi connectivity index (χ0n) is 16.1. The van der Waals surface area contributed by atoms with Gasteiger partial charge in [0.2, 0.25) is 5.82 Å². The fraction of sp³-hybridized carbons (Fsp3) is 0.0435. The molecule has 8 heteroatoms. The SMILES string of the molecule is Fc1ccc(F)c(-c2noc(-c3cnn(Cc4ccccc4)c3-c3ccncc3)n2)c1. The molecule has 0 aliphatic carbocycles. The minimum atomic E-state index is -0.636. The van der Waals surface area contributed by atoms with Crippen LogP contribution in [-0.4, -0.2) is 24.9 Å². The third-order valence-electron chi connectivity index (χ3n) is 4.79. The number of nitrogens with zero attached hydrogens (tertiary/aromatic N) is 5. The molecule has 152 valence electrons. The van der Waals surface area contributed by atoms with Gasteiger partial charge in [0.25, 0.3) is 5.89 Å². The van der Waals surface area contributed by atoms with Crippen molar-refractivity contribution in [3.05, 3.63) is 96.5 Å². The zero-order chi connectivity index (χ0) is 21.2. The second-order valence-corrected chi connectivity index (χ2v) is 6.83. The minimum Gasteiger partial charge on any atom is -0.333 e. The van der Waals surface area contributed by atoms with E-state index in [-0.39, 0.29) is 17.3 Å². The fourth-order valence-electron chi connectivity index (χ4n) is 3.34. The molecule has 0 unspecified atom stereocenters. The standard InChI is InChI=1S/C23H15F2N5O/c24-17-6-7-20(25)18(12-17)22-28-23(31-29-22)19-13-27-30(14-15-4-2-1-3-5-15)21(19)16-8-10-26-11-9-16/h1-13H,14H2. The Balaban J connectivity index is 1.60. The Morgan fingerprint density at radius 1 is 0.903 bits per heavy atom. The van der Waals surface area contributed by atoms with Crippen LogP contribution in [0.1, 0.15) is 5.56 Å². The number of benzene rings is 2. The summed E-state index contributed by atoms with van der Waals surface area (Å²) in [6.07, 6.45) is 4.98. The average molecular weight is 415 g/mol. The lowest BCUT2D eigenvalue weighted by Crippen LogP contribution is -2.04. The van der Waals surface area contributed by atoms with Crippen molar-refractivity contribution in [2.24, 2.45) is 0 Å². The Kier molecular flexibility index (Phi) is 4.80. The van der Waals surface area contributed by atoms with Gasteiger partial charge in [-0.3, -0.25) is 9.67 Å². The quantitative estimate of drug-likeness (QED) is 0.405. The summed E-state index contributed by atoms with van der Waals surface area (Å²) in [6.45, 7) is 0.526. The Bertz CT molecular complexity index is 1330. The zero-order valence-corrected chi connectivity index (χ0v) is 16.1. The maximum absolute atomic E-state index is 14.1. The molecular weight excluding hydrogens is 400 g/mol. The summed E-state index contributed by atoms with van der Waals surface area (Å²) in [5.41, 5.74) is 3.19. The number of aromatic nitrogens is 5. The van der Waals surface area contributed by atoms with Gasteiger partial charge in [0.1, 0.15) is 11.6 Å². The molecule has 0 saturated heterocycles. The Hall–Kier alpha value is -4.20. The van der Waals surface area contributed by atoms with Gasteiger partial charge in [-0.05, 0) is 35.9 Å². The largest absolute Gasteiger partial charge is 0.333 e. The molecule has 0 saturated carbocycles. The van der Waals surface area contributed by atoms with E-state index in [9.17, 15) is 8.78 Å². The van der Waals surface area contributed by atoms with Crippen LogP contribution in [-0.2, 0) is 6.54 Å². The van der Waals surface area contributed by atoms with E-state index in [1.807, 2.05) is 47.1 Å². The highest BCUT2D eigenvalue weighted by molar-refractivity contribution is 5.77. The maximum Gasteiger partial charge on any atom is 0.262 e. The molecule has 0 atom stereocenters. The van der Waals surface area contributed by atoms with Gasteiger partial charge in [-0.2, -0.15) is 10.1 Å². The van der Waals surface area contributed by atoms with Gasteiger partial charge in [0.15, 0.2) is 0 Å². The van der Waals surface area contributed by atoms with Gasteiger partial charge in [0.05, 0.1) is 29.6 Å². The van der Waals surface area contributed by atoms with Gasteiger partial charge in [0, 0.05) is 18.0 Å². The number of hydrogen-bond donors (Lipinski definition) is 0. The molecule has 6 nitrogen and oxygen atoms in total. The van der Waals surface area contributed by atoms with E-state index < -0.39 is 11.6 Å². The second kappa shape index (κ2) is 7.91. The van der Waals surface area contributed by atoms with E-state index in [0.717, 1.165) is 35.0 Å². The van der Waals surface area contributed by atoms with Crippen LogP contribution in [0.3, 0.4) is 0 Å². The number of rotatable bonds is 5. The van der Waals surface area contributed by atoms with Crippen molar-refractivity contribution in [1.29, 1.82) is 0 Å². The number of halogens is 2. The van der Waals surface area contributed by atoms with Gasteiger partial charge in [-0.25, -0.2) is 8.78 Å². The lowest BCUT2D eigenvalue weighted by Gasteiger charge is -2.09. The molecule has 0 aliphatic rings. The molecule has 5 rings (SSSR count). The summed E-state index contributed by atoms with van der Waals surface area (Å²) in [6, 6.07) is 16.7. The van der Waals surface area contributed by atoms with Gasteiger partial charge >= 0.3 is 0 Å². The van der Waals surface area contributed by atoms with E-state index >= 15 is 0 Å². The van der Waals surface area contributed by atoms with Crippen molar-refractivity contribution in [2.45, 2.75) is 6.54 Å². The molecule has 0 fully saturated rings. The third-order valence-corrected chi connectivity index (χ3v) is 4.79. The molecule has 0 amide bonds. The van der Waals surface area contributed by atoms with Crippen LogP contribution >= 0.6 is 0 Å². The topological polar surface area (TPSA) is 69.6 Å². The molecular formula is C23H15F2N5O. The first-order chi connectivity index (χ1) is 15.2. The van der Waals surface area contributed by atoms with Crippen molar-refractivity contribution in [2.75, 3.05) is 0 Å². The molecule has 2 aromatic carbocycles. The van der Waals surface area contributed by atoms with E-state index in [0.29, 0.717) is 12.1 Å². The van der Waals surface area contributed by atoms with Crippen molar-refractivity contribution < 1.29 is 13.3 Å². The summed E-state index contributed by atoms with van der Waals surface area (Å²) in [4.78, 5) is 8.38. The molecule has 5 aromatic rings. The van der Waals surface area contributed by atoms with Crippen LogP contribution in [0.15, 0.2) is 83.8 Å². The predicted molar refractivity (Wildman–Crippen MR) is 110 cm³/mol. The molecule has 3 aromatic heterocycles. The average Bonchev–Trinajstić information content (AvgIpc) is 3.44. The second-order valence-electron chi connectivity index (χ2n) is 6.83. The number of hydrogen-bond acceptors (Lipinski definition) is 5. The van der Waals surface area contributed by atoms with Crippen molar-refractivity contribution in [1.82, 2.24) is 24.9 Å². The van der Waals surface area contributed by atoms with Gasteiger partial charge < -0.3 is 4.52 Å². The molecule has 3 heterocycles. The van der Waals surface area contributed by atoms with Crippen LogP contribution in [0.4, 0.5) is 8.78 Å². The fourth-order valence-corrected chi connectivity index (χ4v) is 3.34. The molecule has 0 radical (unpaired) electrons. The highest BCUT2D eigenvalue weighted by atomic mass is 19.1. The molecule has 31 heavy (non-hydrogen) atoms. The lowest BCUT2D eigenvalue weighted by atomic mass is 10.1. The lowest BCUT2D eigenvalue weighted by molar-refractivity contribution is 0.432. The first-order valence-electron chi connectivity index (χ1n) is 9.48. The molecule has 0 N–H and O–H groups in total. The van der Waals surface area contributed by atoms with E-state index in [1.165, 1.54) is 0 Å². The minimum absolute atomic E-state index is 0.0384. The van der Waals surface area contributed by atoms with Crippen LogP contribution in [0.5, 0.6) is 0 Å². The van der Waals surface area contributed by atoms with Crippen LogP contribution in [0.2, 0.25) is 0 Å². The first kappa shape index (κ1) is 18.8. The van der Waals surface area contributed by atoms with E-state index in [4.69, 9.17) is 4.52 Å². The predicted octanol–water partition coefficient (Wildman–Crippen LogP) is 4.99. The monoisotopic (exact) mass is 415 g/mol. The normalized spacial score (nSPS) is 11.0. The van der Waals surface area contributed by atoms with Crippen LogP contribution < -0.4 is 0 Å². The van der Waals surface area contributed by atoms with Crippen molar-refractivity contribution in [3.63, 3.8) is 0 Å².